The van der Waals surface area contributed by atoms with Crippen molar-refractivity contribution in [2.45, 2.75) is 38.1 Å². The van der Waals surface area contributed by atoms with Gasteiger partial charge in [-0.15, -0.1) is 5.10 Å². The van der Waals surface area contributed by atoms with Crippen LogP contribution in [0.3, 0.4) is 0 Å². The highest BCUT2D eigenvalue weighted by atomic mass is 35.5. The number of piperidine rings is 1. The number of amides is 1. The molecule has 3 rings (SSSR count). The van der Waals surface area contributed by atoms with Gasteiger partial charge in [0.1, 0.15) is 12.4 Å². The van der Waals surface area contributed by atoms with Crippen LogP contribution in [-0.2, 0) is 22.6 Å². The third-order valence-electron chi connectivity index (χ3n) is 4.31. The Morgan fingerprint density at radius 3 is 3.00 bits per heavy atom. The van der Waals surface area contributed by atoms with Crippen LogP contribution in [0.25, 0.3) is 0 Å². The maximum atomic E-state index is 12.5. The molecule has 0 unspecified atom stereocenters. The zero-order valence-electron chi connectivity index (χ0n) is 13.6. The van der Waals surface area contributed by atoms with E-state index < -0.39 is 5.97 Å². The molecule has 0 aliphatic carbocycles. The van der Waals surface area contributed by atoms with E-state index >= 15 is 0 Å². The van der Waals surface area contributed by atoms with E-state index in [0.717, 1.165) is 18.5 Å². The van der Waals surface area contributed by atoms with Crippen molar-refractivity contribution >= 4 is 23.5 Å². The molecule has 2 aromatic rings. The summed E-state index contributed by atoms with van der Waals surface area (Å²) in [5.74, 6) is -0.202. The lowest BCUT2D eigenvalue weighted by Crippen LogP contribution is -2.39. The third kappa shape index (κ3) is 4.36. The number of aryl methyl sites for hydroxylation is 1. The topological polar surface area (TPSA) is 117 Å². The zero-order valence-corrected chi connectivity index (χ0v) is 14.3. The van der Waals surface area contributed by atoms with Gasteiger partial charge in [0.05, 0.1) is 0 Å². The molecule has 0 bridgehead atoms. The maximum absolute atomic E-state index is 12.5. The molecule has 1 saturated heterocycles. The molecular weight excluding hydrogens is 348 g/mol. The molecule has 1 amide bonds. The minimum atomic E-state index is -0.931. The number of likely N-dealkylation sites (tertiary alicyclic amines) is 1. The Morgan fingerprint density at radius 1 is 1.44 bits per heavy atom. The lowest BCUT2D eigenvalue weighted by molar-refractivity contribution is -0.138. The van der Waals surface area contributed by atoms with Crippen molar-refractivity contribution < 1.29 is 14.7 Å². The zero-order chi connectivity index (χ0) is 17.8. The van der Waals surface area contributed by atoms with Crippen molar-refractivity contribution in [2.24, 2.45) is 0 Å². The van der Waals surface area contributed by atoms with Gasteiger partial charge in [-0.1, -0.05) is 0 Å². The van der Waals surface area contributed by atoms with E-state index in [2.05, 4.69) is 20.3 Å². The fraction of sp³-hybridized carbons (Fsp3) is 0.533. The van der Waals surface area contributed by atoms with Crippen molar-refractivity contribution in [2.75, 3.05) is 13.1 Å². The molecule has 1 fully saturated rings. The van der Waals surface area contributed by atoms with Gasteiger partial charge < -0.3 is 10.0 Å². The number of carboxylic acid groups (broad SMARTS) is 1. The number of H-pyrrole nitrogens is 1. The quantitative estimate of drug-likeness (QED) is 0.790. The summed E-state index contributed by atoms with van der Waals surface area (Å²) in [4.78, 5) is 29.2. The molecule has 25 heavy (non-hydrogen) atoms. The fourth-order valence-electron chi connectivity index (χ4n) is 3.16. The van der Waals surface area contributed by atoms with Gasteiger partial charge in [0.25, 0.3) is 0 Å². The van der Waals surface area contributed by atoms with Crippen molar-refractivity contribution in [3.8, 4) is 0 Å². The predicted octanol–water partition coefficient (Wildman–Crippen LogP) is 1.08. The Bertz CT molecular complexity index is 758. The number of hydrogen-bond donors (Lipinski definition) is 2. The molecule has 1 aliphatic rings. The van der Waals surface area contributed by atoms with Crippen LogP contribution in [0.4, 0.5) is 0 Å². The number of aromatic nitrogens is 5. The molecule has 0 spiro atoms. The van der Waals surface area contributed by atoms with Gasteiger partial charge in [-0.2, -0.15) is 5.10 Å². The highest BCUT2D eigenvalue weighted by molar-refractivity contribution is 6.28. The van der Waals surface area contributed by atoms with E-state index in [9.17, 15) is 9.59 Å². The van der Waals surface area contributed by atoms with E-state index in [4.69, 9.17) is 16.7 Å². The number of hydrogen-bond acceptors (Lipinski definition) is 5. The first-order chi connectivity index (χ1) is 12.0. The third-order valence-corrected chi connectivity index (χ3v) is 4.48. The molecule has 1 aliphatic heterocycles. The molecule has 0 aromatic carbocycles. The Hall–Kier alpha value is -2.42. The number of nitrogens with zero attached hydrogens (tertiary/aromatic N) is 5. The van der Waals surface area contributed by atoms with E-state index in [1.54, 1.807) is 6.20 Å². The van der Waals surface area contributed by atoms with Crippen LogP contribution in [0.5, 0.6) is 0 Å². The number of aromatic amines is 1. The first-order valence-corrected chi connectivity index (χ1v) is 8.49. The summed E-state index contributed by atoms with van der Waals surface area (Å²) in [6.07, 6.45) is 4.17. The average Bonchev–Trinajstić information content (AvgIpc) is 3.21. The second-order valence-electron chi connectivity index (χ2n) is 6.04. The van der Waals surface area contributed by atoms with E-state index in [1.165, 1.54) is 4.68 Å². The molecular formula is C15H19ClN6O3. The number of aliphatic carboxylic acids is 1. The highest BCUT2D eigenvalue weighted by Crippen LogP contribution is 2.27. The molecule has 2 N–H and O–H groups in total. The molecule has 2 aromatic heterocycles. The SMILES string of the molecule is O=C(O)Cn1nccc1[C@H]1CCCN(C(=O)CCc2nc(Cl)n[nH]2)C1. The minimum absolute atomic E-state index is 0.0431. The van der Waals surface area contributed by atoms with Gasteiger partial charge in [0.2, 0.25) is 11.2 Å². The number of carbonyl (C=O) groups excluding carboxylic acids is 1. The van der Waals surface area contributed by atoms with Crippen LogP contribution in [-0.4, -0.2) is 59.9 Å². The number of nitrogens with one attached hydrogen (secondary N) is 1. The summed E-state index contributed by atoms with van der Waals surface area (Å²) in [6, 6.07) is 1.83. The summed E-state index contributed by atoms with van der Waals surface area (Å²) >= 11 is 5.65. The molecule has 134 valence electrons. The predicted molar refractivity (Wildman–Crippen MR) is 88.1 cm³/mol. The largest absolute Gasteiger partial charge is 0.480 e. The standard InChI is InChI=1S/C15H19ClN6O3/c16-15-18-12(19-20-15)3-4-13(23)21-7-1-2-10(8-21)11-5-6-17-22(11)9-14(24)25/h5-6,10H,1-4,7-9H2,(H,24,25)(H,18,19,20)/t10-/m0/s1. The second-order valence-corrected chi connectivity index (χ2v) is 6.38. The van der Waals surface area contributed by atoms with Crippen LogP contribution in [0.15, 0.2) is 12.3 Å². The monoisotopic (exact) mass is 366 g/mol. The van der Waals surface area contributed by atoms with Crippen LogP contribution in [0.2, 0.25) is 5.28 Å². The summed E-state index contributed by atoms with van der Waals surface area (Å²) in [5.41, 5.74) is 0.863. The van der Waals surface area contributed by atoms with Crippen molar-refractivity contribution in [1.29, 1.82) is 0 Å². The summed E-state index contributed by atoms with van der Waals surface area (Å²) < 4.78 is 1.50. The van der Waals surface area contributed by atoms with Crippen LogP contribution >= 0.6 is 11.6 Å². The van der Waals surface area contributed by atoms with Gasteiger partial charge in [-0.3, -0.25) is 19.4 Å². The Balaban J connectivity index is 1.60. The molecule has 3 heterocycles. The van der Waals surface area contributed by atoms with Crippen molar-refractivity contribution in [3.63, 3.8) is 0 Å². The molecule has 0 radical (unpaired) electrons. The van der Waals surface area contributed by atoms with Crippen molar-refractivity contribution in [3.05, 3.63) is 29.1 Å². The molecule has 10 heteroatoms. The number of rotatable bonds is 6. The fourth-order valence-corrected chi connectivity index (χ4v) is 3.31. The summed E-state index contributed by atoms with van der Waals surface area (Å²) in [5, 5.41) is 19.6. The Kier molecular flexibility index (Phi) is 5.32. The number of halogens is 1. The Labute approximate surface area is 149 Å². The van der Waals surface area contributed by atoms with E-state index in [1.807, 2.05) is 11.0 Å². The first-order valence-electron chi connectivity index (χ1n) is 8.11. The molecule has 1 atom stereocenters. The average molecular weight is 367 g/mol. The van der Waals surface area contributed by atoms with Crippen LogP contribution < -0.4 is 0 Å². The molecule has 0 saturated carbocycles. The minimum Gasteiger partial charge on any atom is -0.480 e. The number of carbonyl (C=O) groups is 2. The lowest BCUT2D eigenvalue weighted by atomic mass is 9.94. The van der Waals surface area contributed by atoms with E-state index in [-0.39, 0.29) is 23.7 Å². The highest BCUT2D eigenvalue weighted by Gasteiger charge is 2.27. The van der Waals surface area contributed by atoms with Gasteiger partial charge in [0.15, 0.2) is 0 Å². The van der Waals surface area contributed by atoms with Crippen LogP contribution in [0, 0.1) is 0 Å². The smallest absolute Gasteiger partial charge is 0.325 e. The van der Waals surface area contributed by atoms with Crippen LogP contribution in [0.1, 0.15) is 36.7 Å². The number of carboxylic acids is 1. The lowest BCUT2D eigenvalue weighted by Gasteiger charge is -2.33. The normalized spacial score (nSPS) is 17.6. The summed E-state index contributed by atoms with van der Waals surface area (Å²) in [7, 11) is 0. The van der Waals surface area contributed by atoms with Gasteiger partial charge in [0, 0.05) is 43.7 Å². The molecule has 9 nitrogen and oxygen atoms in total. The van der Waals surface area contributed by atoms with Gasteiger partial charge in [-0.05, 0) is 30.5 Å². The summed E-state index contributed by atoms with van der Waals surface area (Å²) in [6.45, 7) is 1.11. The van der Waals surface area contributed by atoms with E-state index in [0.29, 0.717) is 31.8 Å². The Morgan fingerprint density at radius 2 is 2.28 bits per heavy atom. The second kappa shape index (κ2) is 7.64. The van der Waals surface area contributed by atoms with Gasteiger partial charge in [-0.25, -0.2) is 4.98 Å². The maximum Gasteiger partial charge on any atom is 0.325 e. The van der Waals surface area contributed by atoms with Crippen molar-refractivity contribution in [1.82, 2.24) is 29.9 Å². The van der Waals surface area contributed by atoms with Gasteiger partial charge >= 0.3 is 5.97 Å². The first kappa shape index (κ1) is 17.4.